The van der Waals surface area contributed by atoms with Gasteiger partial charge in [0.2, 0.25) is 5.91 Å². The molecule has 0 aromatic heterocycles. The number of amides is 1. The predicted molar refractivity (Wildman–Crippen MR) is 88.8 cm³/mol. The Balaban J connectivity index is 1.82. The molecule has 21 heavy (non-hydrogen) atoms. The fourth-order valence-electron chi connectivity index (χ4n) is 2.35. The molecule has 0 aliphatic heterocycles. The van der Waals surface area contributed by atoms with Gasteiger partial charge in [0.15, 0.2) is 0 Å². The predicted octanol–water partition coefficient (Wildman–Crippen LogP) is 4.05. The van der Waals surface area contributed by atoms with Crippen molar-refractivity contribution in [2.45, 2.75) is 27.2 Å². The zero-order valence-corrected chi connectivity index (χ0v) is 12.9. The van der Waals surface area contributed by atoms with Crippen molar-refractivity contribution in [3.63, 3.8) is 0 Å². The maximum Gasteiger partial charge on any atom is 0.226 e. The van der Waals surface area contributed by atoms with Gasteiger partial charge in [-0.3, -0.25) is 4.79 Å². The van der Waals surface area contributed by atoms with E-state index < -0.39 is 0 Å². The smallest absolute Gasteiger partial charge is 0.226 e. The molecule has 0 bridgehead atoms. The summed E-state index contributed by atoms with van der Waals surface area (Å²) in [5.41, 5.74) is 5.44. The van der Waals surface area contributed by atoms with Gasteiger partial charge < -0.3 is 10.6 Å². The van der Waals surface area contributed by atoms with Crippen LogP contribution in [0.3, 0.4) is 0 Å². The minimum absolute atomic E-state index is 0.0279. The summed E-state index contributed by atoms with van der Waals surface area (Å²) in [6.45, 7) is 6.74. The fraction of sp³-hybridized carbons (Fsp3) is 0.278. The first-order valence-electron chi connectivity index (χ1n) is 7.21. The van der Waals surface area contributed by atoms with Crippen LogP contribution in [0.1, 0.15) is 23.1 Å². The maximum atomic E-state index is 11.9. The van der Waals surface area contributed by atoms with Gasteiger partial charge in [0.1, 0.15) is 0 Å². The molecule has 0 saturated carbocycles. The SMILES string of the molecule is Cc1cccc(NCCC(=O)Nc2cc(C)cc(C)c2)c1. The van der Waals surface area contributed by atoms with Crippen LogP contribution in [-0.2, 0) is 4.79 Å². The third kappa shape index (κ3) is 4.95. The molecular weight excluding hydrogens is 260 g/mol. The van der Waals surface area contributed by atoms with Gasteiger partial charge >= 0.3 is 0 Å². The molecule has 0 fully saturated rings. The highest BCUT2D eigenvalue weighted by molar-refractivity contribution is 5.91. The van der Waals surface area contributed by atoms with Crippen LogP contribution in [0.15, 0.2) is 42.5 Å². The minimum atomic E-state index is 0.0279. The summed E-state index contributed by atoms with van der Waals surface area (Å²) < 4.78 is 0. The summed E-state index contributed by atoms with van der Waals surface area (Å²) in [6, 6.07) is 14.2. The molecule has 1 amide bonds. The number of rotatable bonds is 5. The van der Waals surface area contributed by atoms with Crippen molar-refractivity contribution in [3.05, 3.63) is 59.2 Å². The van der Waals surface area contributed by atoms with E-state index in [0.717, 1.165) is 22.5 Å². The minimum Gasteiger partial charge on any atom is -0.385 e. The topological polar surface area (TPSA) is 41.1 Å². The highest BCUT2D eigenvalue weighted by Crippen LogP contribution is 2.14. The van der Waals surface area contributed by atoms with Crippen molar-refractivity contribution in [1.82, 2.24) is 0 Å². The van der Waals surface area contributed by atoms with Crippen molar-refractivity contribution >= 4 is 17.3 Å². The van der Waals surface area contributed by atoms with E-state index in [9.17, 15) is 4.79 Å². The lowest BCUT2D eigenvalue weighted by molar-refractivity contribution is -0.115. The third-order valence-electron chi connectivity index (χ3n) is 3.20. The number of hydrogen-bond acceptors (Lipinski definition) is 2. The van der Waals surface area contributed by atoms with E-state index in [4.69, 9.17) is 0 Å². The molecule has 2 N–H and O–H groups in total. The molecule has 0 radical (unpaired) electrons. The first-order valence-corrected chi connectivity index (χ1v) is 7.21. The summed E-state index contributed by atoms with van der Waals surface area (Å²) in [6.07, 6.45) is 0.445. The Morgan fingerprint density at radius 3 is 2.24 bits per heavy atom. The van der Waals surface area contributed by atoms with Crippen molar-refractivity contribution in [2.75, 3.05) is 17.2 Å². The number of hydrogen-bond donors (Lipinski definition) is 2. The second kappa shape index (κ2) is 6.93. The van der Waals surface area contributed by atoms with Gasteiger partial charge in [-0.05, 0) is 61.7 Å². The fourth-order valence-corrected chi connectivity index (χ4v) is 2.35. The van der Waals surface area contributed by atoms with Gasteiger partial charge in [-0.15, -0.1) is 0 Å². The first kappa shape index (κ1) is 15.1. The van der Waals surface area contributed by atoms with Gasteiger partial charge in [0.05, 0.1) is 0 Å². The van der Waals surface area contributed by atoms with Crippen LogP contribution < -0.4 is 10.6 Å². The number of anilines is 2. The van der Waals surface area contributed by atoms with E-state index in [1.54, 1.807) is 0 Å². The molecule has 2 rings (SSSR count). The summed E-state index contributed by atoms with van der Waals surface area (Å²) >= 11 is 0. The van der Waals surface area contributed by atoms with Crippen molar-refractivity contribution < 1.29 is 4.79 Å². The molecule has 2 aromatic carbocycles. The van der Waals surface area contributed by atoms with E-state index in [2.05, 4.69) is 35.8 Å². The molecule has 3 nitrogen and oxygen atoms in total. The van der Waals surface area contributed by atoms with Crippen LogP contribution >= 0.6 is 0 Å². The van der Waals surface area contributed by atoms with Crippen LogP contribution in [0.25, 0.3) is 0 Å². The molecule has 110 valence electrons. The second-order valence-electron chi connectivity index (χ2n) is 5.47. The molecule has 0 atom stereocenters. The average Bonchev–Trinajstić information content (AvgIpc) is 2.37. The Kier molecular flexibility index (Phi) is 4.99. The maximum absolute atomic E-state index is 11.9. The lowest BCUT2D eigenvalue weighted by Crippen LogP contribution is -2.16. The molecule has 0 aliphatic rings. The Morgan fingerprint density at radius 1 is 0.905 bits per heavy atom. The molecule has 0 aliphatic carbocycles. The number of carbonyl (C=O) groups is 1. The van der Waals surface area contributed by atoms with Crippen molar-refractivity contribution in [3.8, 4) is 0 Å². The standard InChI is InChI=1S/C18H22N2O/c1-13-5-4-6-16(10-13)19-8-7-18(21)20-17-11-14(2)9-15(3)12-17/h4-6,9-12,19H,7-8H2,1-3H3,(H,20,21). The van der Waals surface area contributed by atoms with Gasteiger partial charge in [-0.2, -0.15) is 0 Å². The summed E-state index contributed by atoms with van der Waals surface area (Å²) in [4.78, 5) is 11.9. The lowest BCUT2D eigenvalue weighted by atomic mass is 10.1. The molecule has 0 spiro atoms. The van der Waals surface area contributed by atoms with Crippen LogP contribution in [0.5, 0.6) is 0 Å². The highest BCUT2D eigenvalue weighted by atomic mass is 16.1. The summed E-state index contributed by atoms with van der Waals surface area (Å²) in [5, 5.41) is 6.21. The van der Waals surface area contributed by atoms with E-state index in [1.165, 1.54) is 5.56 Å². The molecule has 0 heterocycles. The van der Waals surface area contributed by atoms with E-state index in [1.807, 2.05) is 38.1 Å². The number of benzene rings is 2. The average molecular weight is 282 g/mol. The van der Waals surface area contributed by atoms with Crippen LogP contribution in [-0.4, -0.2) is 12.5 Å². The third-order valence-corrected chi connectivity index (χ3v) is 3.20. The summed E-state index contributed by atoms with van der Waals surface area (Å²) in [5.74, 6) is 0.0279. The lowest BCUT2D eigenvalue weighted by Gasteiger charge is -2.09. The summed E-state index contributed by atoms with van der Waals surface area (Å²) in [7, 11) is 0. The van der Waals surface area contributed by atoms with Crippen LogP contribution in [0.2, 0.25) is 0 Å². The Morgan fingerprint density at radius 2 is 1.57 bits per heavy atom. The van der Waals surface area contributed by atoms with E-state index >= 15 is 0 Å². The van der Waals surface area contributed by atoms with Gasteiger partial charge in [0.25, 0.3) is 0 Å². The van der Waals surface area contributed by atoms with Crippen LogP contribution in [0.4, 0.5) is 11.4 Å². The second-order valence-corrected chi connectivity index (χ2v) is 5.47. The molecule has 0 saturated heterocycles. The van der Waals surface area contributed by atoms with Crippen molar-refractivity contribution in [1.29, 1.82) is 0 Å². The molecular formula is C18H22N2O. The largest absolute Gasteiger partial charge is 0.385 e. The van der Waals surface area contributed by atoms with E-state index in [-0.39, 0.29) is 5.91 Å². The Bertz CT molecular complexity index is 615. The molecule has 2 aromatic rings. The monoisotopic (exact) mass is 282 g/mol. The first-order chi connectivity index (χ1) is 10.0. The Labute approximate surface area is 126 Å². The zero-order valence-electron chi connectivity index (χ0n) is 12.9. The quantitative estimate of drug-likeness (QED) is 0.868. The van der Waals surface area contributed by atoms with Crippen molar-refractivity contribution in [2.24, 2.45) is 0 Å². The van der Waals surface area contributed by atoms with Crippen LogP contribution in [0, 0.1) is 20.8 Å². The van der Waals surface area contributed by atoms with Gasteiger partial charge in [-0.1, -0.05) is 18.2 Å². The number of nitrogens with one attached hydrogen (secondary N) is 2. The zero-order chi connectivity index (χ0) is 15.2. The number of aryl methyl sites for hydroxylation is 3. The molecule has 0 unspecified atom stereocenters. The van der Waals surface area contributed by atoms with Gasteiger partial charge in [-0.25, -0.2) is 0 Å². The molecule has 3 heteroatoms. The van der Waals surface area contributed by atoms with Gasteiger partial charge in [0, 0.05) is 24.3 Å². The Hall–Kier alpha value is -2.29. The number of carbonyl (C=O) groups excluding carboxylic acids is 1. The van der Waals surface area contributed by atoms with E-state index in [0.29, 0.717) is 13.0 Å². The highest BCUT2D eigenvalue weighted by Gasteiger charge is 2.03. The normalized spacial score (nSPS) is 10.2.